The van der Waals surface area contributed by atoms with Crippen LogP contribution in [0.2, 0.25) is 0 Å². The van der Waals surface area contributed by atoms with Crippen molar-refractivity contribution in [2.24, 2.45) is 0 Å². The van der Waals surface area contributed by atoms with Crippen LogP contribution in [0.25, 0.3) is 0 Å². The summed E-state index contributed by atoms with van der Waals surface area (Å²) in [5.74, 6) is 0. The molecule has 138 valence electrons. The summed E-state index contributed by atoms with van der Waals surface area (Å²) < 4.78 is 62.1. The molecule has 0 radical (unpaired) electrons. The Morgan fingerprint density at radius 2 is 0.957 bits per heavy atom. The largest absolute Gasteiger partial charge is 0.511 e. The van der Waals surface area contributed by atoms with Gasteiger partial charge in [0, 0.05) is 6.04 Å². The van der Waals surface area contributed by atoms with Gasteiger partial charge in [-0.3, -0.25) is 0 Å². The van der Waals surface area contributed by atoms with Crippen LogP contribution in [0.3, 0.4) is 0 Å². The average molecular weight is 357 g/mol. The molecule has 0 heterocycles. The third-order valence-corrected chi connectivity index (χ3v) is 5.73. The van der Waals surface area contributed by atoms with Gasteiger partial charge < -0.3 is 0 Å². The lowest BCUT2D eigenvalue weighted by Crippen LogP contribution is -2.42. The van der Waals surface area contributed by atoms with Crippen molar-refractivity contribution >= 4 is 10.0 Å². The predicted molar refractivity (Wildman–Crippen MR) is 86.5 cm³/mol. The second kappa shape index (κ2) is 10.5. The van der Waals surface area contributed by atoms with Crippen LogP contribution >= 0.6 is 0 Å². The Morgan fingerprint density at radius 1 is 0.652 bits per heavy atom. The molecule has 1 N–H and O–H groups in total. The van der Waals surface area contributed by atoms with Gasteiger partial charge in [0.05, 0.1) is 0 Å². The lowest BCUT2D eigenvalue weighted by Gasteiger charge is -2.19. The number of hydrogen-bond donors (Lipinski definition) is 1. The molecule has 0 aromatic heterocycles. The van der Waals surface area contributed by atoms with E-state index in [-0.39, 0.29) is 0 Å². The standard InChI is InChI=1S/C16H30F3NO2S/c17-16(18,19)23(21,22)20-15-13-11-9-7-5-3-1-2-4-6-8-10-12-14-15/h15,20H,1-14H2. The molecule has 0 atom stereocenters. The van der Waals surface area contributed by atoms with Crippen LogP contribution in [0.1, 0.15) is 89.9 Å². The molecule has 1 aliphatic rings. The van der Waals surface area contributed by atoms with Crippen LogP contribution in [-0.4, -0.2) is 20.0 Å². The van der Waals surface area contributed by atoms with Gasteiger partial charge in [-0.1, -0.05) is 77.0 Å². The van der Waals surface area contributed by atoms with E-state index in [1.54, 1.807) is 0 Å². The maximum absolute atomic E-state index is 12.5. The van der Waals surface area contributed by atoms with Crippen LogP contribution in [0, 0.1) is 0 Å². The van der Waals surface area contributed by atoms with Gasteiger partial charge in [-0.25, -0.2) is 13.1 Å². The Morgan fingerprint density at radius 3 is 1.26 bits per heavy atom. The summed E-state index contributed by atoms with van der Waals surface area (Å²) in [6, 6.07) is -0.591. The van der Waals surface area contributed by atoms with E-state index in [2.05, 4.69) is 0 Å². The Labute approximate surface area is 138 Å². The monoisotopic (exact) mass is 357 g/mol. The highest BCUT2D eigenvalue weighted by Crippen LogP contribution is 2.24. The minimum atomic E-state index is -5.23. The first kappa shape index (κ1) is 20.7. The SMILES string of the molecule is O=S(=O)(NC1CCCCCCCCCCCCCC1)C(F)(F)F. The molecule has 0 aromatic carbocycles. The Kier molecular flexibility index (Phi) is 9.51. The maximum atomic E-state index is 12.5. The van der Waals surface area contributed by atoms with Gasteiger partial charge in [0.1, 0.15) is 0 Å². The van der Waals surface area contributed by atoms with Crippen LogP contribution < -0.4 is 4.72 Å². The van der Waals surface area contributed by atoms with Gasteiger partial charge in [0.25, 0.3) is 0 Å². The zero-order valence-electron chi connectivity index (χ0n) is 13.8. The summed E-state index contributed by atoms with van der Waals surface area (Å²) >= 11 is 0. The van der Waals surface area contributed by atoms with Gasteiger partial charge in [-0.15, -0.1) is 0 Å². The summed E-state index contributed by atoms with van der Waals surface area (Å²) in [6.07, 6.45) is 14.0. The molecule has 1 fully saturated rings. The maximum Gasteiger partial charge on any atom is 0.511 e. The molecule has 7 heteroatoms. The fraction of sp³-hybridized carbons (Fsp3) is 1.00. The van der Waals surface area contributed by atoms with Crippen molar-refractivity contribution in [2.45, 2.75) is 101 Å². The zero-order chi connectivity index (χ0) is 17.2. The highest BCUT2D eigenvalue weighted by atomic mass is 32.2. The van der Waals surface area contributed by atoms with Crippen LogP contribution in [0.15, 0.2) is 0 Å². The fourth-order valence-electron chi connectivity index (χ4n) is 3.10. The number of rotatable bonds is 2. The molecule has 1 saturated carbocycles. The highest BCUT2D eigenvalue weighted by Gasteiger charge is 2.46. The molecule has 23 heavy (non-hydrogen) atoms. The van der Waals surface area contributed by atoms with E-state index < -0.39 is 21.6 Å². The lowest BCUT2D eigenvalue weighted by atomic mass is 10.0. The van der Waals surface area contributed by atoms with E-state index >= 15 is 0 Å². The topological polar surface area (TPSA) is 46.2 Å². The first-order chi connectivity index (χ1) is 10.8. The zero-order valence-corrected chi connectivity index (χ0v) is 14.7. The van der Waals surface area contributed by atoms with E-state index in [9.17, 15) is 21.6 Å². The second-order valence-corrected chi connectivity index (χ2v) is 8.29. The Balaban J connectivity index is 2.52. The van der Waals surface area contributed by atoms with Crippen LogP contribution in [0.5, 0.6) is 0 Å². The van der Waals surface area contributed by atoms with E-state index in [4.69, 9.17) is 0 Å². The average Bonchev–Trinajstić information content (AvgIpc) is 2.45. The summed E-state index contributed by atoms with van der Waals surface area (Å²) in [4.78, 5) is 0. The van der Waals surface area contributed by atoms with Gasteiger partial charge in [0.15, 0.2) is 0 Å². The Bertz CT molecular complexity index is 394. The van der Waals surface area contributed by atoms with Crippen molar-refractivity contribution in [1.82, 2.24) is 4.72 Å². The van der Waals surface area contributed by atoms with E-state index in [0.29, 0.717) is 12.8 Å². The van der Waals surface area contributed by atoms with Crippen molar-refractivity contribution in [1.29, 1.82) is 0 Å². The molecule has 1 rings (SSSR count). The summed E-state index contributed by atoms with van der Waals surface area (Å²) in [7, 11) is -5.23. The number of alkyl halides is 3. The number of halogens is 3. The summed E-state index contributed by atoms with van der Waals surface area (Å²) in [6.45, 7) is 0. The Hall–Kier alpha value is -0.300. The molecule has 0 aromatic rings. The minimum Gasteiger partial charge on any atom is -0.204 e. The third kappa shape index (κ3) is 8.94. The quantitative estimate of drug-likeness (QED) is 0.732. The van der Waals surface area contributed by atoms with Gasteiger partial charge in [-0.05, 0) is 12.8 Å². The molecule has 3 nitrogen and oxygen atoms in total. The molecule has 0 aliphatic heterocycles. The first-order valence-corrected chi connectivity index (χ1v) is 10.4. The first-order valence-electron chi connectivity index (χ1n) is 8.91. The van der Waals surface area contributed by atoms with Gasteiger partial charge in [0.2, 0.25) is 0 Å². The van der Waals surface area contributed by atoms with E-state index in [0.717, 1.165) is 38.5 Å². The molecule has 0 amide bonds. The predicted octanol–water partition coefficient (Wildman–Crippen LogP) is 5.27. The molecule has 0 spiro atoms. The van der Waals surface area contributed by atoms with Gasteiger partial charge >= 0.3 is 15.5 Å². The second-order valence-electron chi connectivity index (χ2n) is 6.58. The molecule has 1 aliphatic carbocycles. The summed E-state index contributed by atoms with van der Waals surface area (Å²) in [5, 5.41) is 0. The third-order valence-electron chi connectivity index (χ3n) is 4.48. The number of nitrogens with one attached hydrogen (secondary N) is 1. The van der Waals surface area contributed by atoms with Crippen molar-refractivity contribution in [2.75, 3.05) is 0 Å². The molecular weight excluding hydrogens is 327 g/mol. The van der Waals surface area contributed by atoms with Crippen molar-refractivity contribution in [3.63, 3.8) is 0 Å². The minimum absolute atomic E-state index is 0.495. The number of hydrogen-bond acceptors (Lipinski definition) is 2. The van der Waals surface area contributed by atoms with Crippen molar-refractivity contribution < 1.29 is 21.6 Å². The molecule has 0 bridgehead atoms. The van der Waals surface area contributed by atoms with Crippen LogP contribution in [-0.2, 0) is 10.0 Å². The fourth-order valence-corrected chi connectivity index (χ4v) is 3.91. The highest BCUT2D eigenvalue weighted by molar-refractivity contribution is 7.90. The van der Waals surface area contributed by atoms with Gasteiger partial charge in [-0.2, -0.15) is 13.2 Å². The smallest absolute Gasteiger partial charge is 0.204 e. The number of sulfonamides is 1. The van der Waals surface area contributed by atoms with Crippen molar-refractivity contribution in [3.8, 4) is 0 Å². The van der Waals surface area contributed by atoms with E-state index in [1.807, 2.05) is 4.72 Å². The normalized spacial score (nSPS) is 22.2. The molecule has 0 unspecified atom stereocenters. The van der Waals surface area contributed by atoms with Crippen molar-refractivity contribution in [3.05, 3.63) is 0 Å². The lowest BCUT2D eigenvalue weighted by molar-refractivity contribution is -0.0451. The van der Waals surface area contributed by atoms with Crippen LogP contribution in [0.4, 0.5) is 13.2 Å². The molecular formula is C16H30F3NO2S. The summed E-state index contributed by atoms with van der Waals surface area (Å²) in [5.41, 5.74) is -5.22. The molecule has 0 saturated heterocycles. The van der Waals surface area contributed by atoms with E-state index in [1.165, 1.54) is 38.5 Å².